The molecule has 2 aliphatic heterocycles. The number of aromatic amines is 1. The first-order valence-corrected chi connectivity index (χ1v) is 13.3. The minimum Gasteiger partial charge on any atom is -0.456 e. The first kappa shape index (κ1) is 37.4. The lowest BCUT2D eigenvalue weighted by atomic mass is 9.96. The Morgan fingerprint density at radius 2 is 1.72 bits per heavy atom. The number of nitrogens with zero attached hydrogens (tertiary/aromatic N) is 2. The van der Waals surface area contributed by atoms with Crippen LogP contribution >= 0.6 is 0 Å². The number of aliphatic hydroxyl groups is 2. The zero-order chi connectivity index (χ0) is 35.3. The second-order valence-corrected chi connectivity index (χ2v) is 9.95. The maximum Gasteiger partial charge on any atom is 0.573 e. The molecule has 0 aromatic carbocycles. The van der Waals surface area contributed by atoms with Gasteiger partial charge in [-0.1, -0.05) is 0 Å². The van der Waals surface area contributed by atoms with Crippen LogP contribution in [0.3, 0.4) is 0 Å². The van der Waals surface area contributed by atoms with E-state index in [2.05, 4.69) is 9.73 Å². The van der Waals surface area contributed by atoms with Crippen molar-refractivity contribution in [1.29, 1.82) is 0 Å². The van der Waals surface area contributed by atoms with Crippen LogP contribution in [0.5, 0.6) is 0 Å². The number of halogens is 6. The Morgan fingerprint density at radius 3 is 2.28 bits per heavy atom. The van der Waals surface area contributed by atoms with Gasteiger partial charge in [0.05, 0.1) is 24.9 Å². The van der Waals surface area contributed by atoms with E-state index >= 15 is 0 Å². The molecule has 2 saturated heterocycles. The van der Waals surface area contributed by atoms with Gasteiger partial charge in [-0.3, -0.25) is 28.7 Å². The molecular weight excluding hydrogens is 666 g/mol. The van der Waals surface area contributed by atoms with Crippen LogP contribution in [0.2, 0.25) is 0 Å². The van der Waals surface area contributed by atoms with Gasteiger partial charge in [0.1, 0.15) is 24.5 Å². The highest BCUT2D eigenvalue weighted by Gasteiger charge is 2.51. The predicted molar refractivity (Wildman–Crippen MR) is 136 cm³/mol. The van der Waals surface area contributed by atoms with E-state index in [0.717, 1.165) is 24.6 Å². The number of aliphatic imine (C=N–C) groups is 1. The molecule has 0 bridgehead atoms. The van der Waals surface area contributed by atoms with Gasteiger partial charge in [0, 0.05) is 33.0 Å². The van der Waals surface area contributed by atoms with Crippen LogP contribution in [-0.2, 0) is 49.4 Å². The lowest BCUT2D eigenvalue weighted by Gasteiger charge is -2.43. The van der Waals surface area contributed by atoms with Crippen LogP contribution in [0.4, 0.5) is 26.3 Å². The zero-order valence-electron chi connectivity index (χ0n) is 24.1. The molecule has 1 aromatic heterocycles. The highest BCUT2D eigenvalue weighted by atomic mass is 19.4. The molecule has 23 heteroatoms. The van der Waals surface area contributed by atoms with Crippen molar-refractivity contribution in [3.05, 3.63) is 32.6 Å². The molecule has 1 aromatic rings. The van der Waals surface area contributed by atoms with E-state index in [9.17, 15) is 60.5 Å². The fourth-order valence-electron chi connectivity index (χ4n) is 4.53. The van der Waals surface area contributed by atoms with E-state index in [1.807, 2.05) is 4.98 Å². The van der Waals surface area contributed by atoms with Gasteiger partial charge in [-0.05, 0) is 0 Å². The molecule has 1 amide bonds. The molecule has 3 heterocycles. The number of hydrogen-bond donors (Lipinski definition) is 4. The highest BCUT2D eigenvalue weighted by molar-refractivity contribution is 5.81. The normalized spacial score (nSPS) is 28.2. The summed E-state index contributed by atoms with van der Waals surface area (Å²) in [6.45, 7) is -0.885. The van der Waals surface area contributed by atoms with Crippen molar-refractivity contribution in [3.8, 4) is 0 Å². The quantitative estimate of drug-likeness (QED) is 0.0935. The van der Waals surface area contributed by atoms with E-state index in [0.29, 0.717) is 0 Å². The summed E-state index contributed by atoms with van der Waals surface area (Å²) in [4.78, 5) is 65.8. The third-order valence-corrected chi connectivity index (χ3v) is 6.50. The van der Waals surface area contributed by atoms with Gasteiger partial charge in [-0.15, -0.1) is 13.2 Å². The smallest absolute Gasteiger partial charge is 0.456 e. The molecule has 2 aliphatic rings. The van der Waals surface area contributed by atoms with Gasteiger partial charge >= 0.3 is 36.1 Å². The van der Waals surface area contributed by atoms with Gasteiger partial charge in [-0.2, -0.15) is 13.2 Å². The number of alkyl halides is 6. The minimum absolute atomic E-state index is 0.148. The number of aliphatic hydroxyl groups excluding tert-OH is 2. The summed E-state index contributed by atoms with van der Waals surface area (Å²) in [5.41, 5.74) is -2.43. The summed E-state index contributed by atoms with van der Waals surface area (Å²) in [6, 6.07) is -1.93. The summed E-state index contributed by atoms with van der Waals surface area (Å²) >= 11 is 0. The molecule has 0 aliphatic carbocycles. The second kappa shape index (κ2) is 15.2. The van der Waals surface area contributed by atoms with Gasteiger partial charge in [0.2, 0.25) is 0 Å². The Hall–Kier alpha value is -4.06. The van der Waals surface area contributed by atoms with Crippen molar-refractivity contribution in [2.24, 2.45) is 4.99 Å². The minimum atomic E-state index is -5.38. The molecule has 264 valence electrons. The van der Waals surface area contributed by atoms with Crippen molar-refractivity contribution >= 4 is 24.2 Å². The van der Waals surface area contributed by atoms with Crippen LogP contribution in [-0.4, -0.2) is 113 Å². The molecule has 0 radical (unpaired) electrons. The van der Waals surface area contributed by atoms with E-state index in [4.69, 9.17) is 23.7 Å². The fourth-order valence-corrected chi connectivity index (χ4v) is 4.53. The largest absolute Gasteiger partial charge is 0.573 e. The number of hydrogen-bond acceptors (Lipinski definition) is 14. The van der Waals surface area contributed by atoms with Gasteiger partial charge in [0.25, 0.3) is 5.56 Å². The number of rotatable bonds is 11. The number of aromatic nitrogens is 2. The SMILES string of the molecule is CC(=O)O[C@@H]1[C@@H](/N=C\OC(F)(F)F)[C@H](OCc2cn([C@H]3C[C@@H](O)[C@@H](CO)O3)c(=O)[nH]c2=O)O[C@H](CNC(=O)C(F)(F)F)[C@H]1OC(C)=O. The molecule has 17 nitrogen and oxygen atoms in total. The Bertz CT molecular complexity index is 1430. The van der Waals surface area contributed by atoms with Crippen molar-refractivity contribution in [2.75, 3.05) is 13.2 Å². The summed E-state index contributed by atoms with van der Waals surface area (Å²) in [5, 5.41) is 20.8. The van der Waals surface area contributed by atoms with Gasteiger partial charge in [-0.25, -0.2) is 9.79 Å². The second-order valence-electron chi connectivity index (χ2n) is 9.95. The van der Waals surface area contributed by atoms with Crippen LogP contribution in [0.15, 0.2) is 20.8 Å². The summed E-state index contributed by atoms with van der Waals surface area (Å²) in [7, 11) is 0. The first-order valence-electron chi connectivity index (χ1n) is 13.3. The molecule has 2 fully saturated rings. The summed E-state index contributed by atoms with van der Waals surface area (Å²) in [5.74, 6) is -4.71. The summed E-state index contributed by atoms with van der Waals surface area (Å²) in [6.07, 6.45) is -21.2. The summed E-state index contributed by atoms with van der Waals surface area (Å²) < 4.78 is 108. The Balaban J connectivity index is 2.00. The Kier molecular flexibility index (Phi) is 12.1. The molecule has 3 rings (SSSR count). The van der Waals surface area contributed by atoms with Crippen LogP contribution in [0.1, 0.15) is 32.1 Å². The molecular formula is C24H28F6N4O13. The molecule has 47 heavy (non-hydrogen) atoms. The number of carbonyl (C=O) groups excluding carboxylic acids is 3. The number of ether oxygens (including phenoxy) is 6. The maximum absolute atomic E-state index is 12.9. The van der Waals surface area contributed by atoms with Crippen LogP contribution < -0.4 is 16.6 Å². The van der Waals surface area contributed by atoms with Crippen molar-refractivity contribution < 1.29 is 79.4 Å². The Labute approximate surface area is 258 Å². The average Bonchev–Trinajstić information content (AvgIpc) is 3.32. The van der Waals surface area contributed by atoms with Crippen molar-refractivity contribution in [1.82, 2.24) is 14.9 Å². The van der Waals surface area contributed by atoms with E-state index < -0.39 is 110 Å². The van der Waals surface area contributed by atoms with E-state index in [1.165, 1.54) is 5.32 Å². The number of esters is 2. The zero-order valence-corrected chi connectivity index (χ0v) is 24.1. The Morgan fingerprint density at radius 1 is 1.09 bits per heavy atom. The predicted octanol–water partition coefficient (Wildman–Crippen LogP) is -1.11. The molecule has 0 saturated carbocycles. The standard InChI is InChI=1S/C24H28F6N4O13/c1-9(36)44-17-13(4-31-21(40)23(25,26)27)47-20(16(18(17)45-10(2)37)32-8-43-24(28,29)30)42-7-11-5-34(22(41)33-19(11)39)15-3-12(38)14(6-35)46-15/h5,8,12-18,20,35,38H,3-4,6-7H2,1-2H3,(H,31,40)(H,33,39,41)/b32-8-/t12-,13-,14-,15-,16-,17-,18-,20-/m1/s1. The molecule has 0 unspecified atom stereocenters. The average molecular weight is 694 g/mol. The number of nitrogens with one attached hydrogen (secondary N) is 2. The monoisotopic (exact) mass is 694 g/mol. The van der Waals surface area contributed by atoms with Crippen LogP contribution in [0, 0.1) is 0 Å². The highest BCUT2D eigenvalue weighted by Crippen LogP contribution is 2.31. The third kappa shape index (κ3) is 10.2. The van der Waals surface area contributed by atoms with Crippen molar-refractivity contribution in [2.45, 2.75) is 88.5 Å². The lowest BCUT2D eigenvalue weighted by molar-refractivity contribution is -0.282. The van der Waals surface area contributed by atoms with E-state index in [-0.39, 0.29) is 18.4 Å². The lowest BCUT2D eigenvalue weighted by Crippen LogP contribution is -2.62. The van der Waals surface area contributed by atoms with Gasteiger partial charge in [0.15, 0.2) is 24.9 Å². The van der Waals surface area contributed by atoms with Crippen molar-refractivity contribution in [3.63, 3.8) is 0 Å². The topological polar surface area (TPSA) is 226 Å². The number of carbonyl (C=O) groups is 3. The molecule has 8 atom stereocenters. The third-order valence-electron chi connectivity index (χ3n) is 6.50. The number of H-pyrrole nitrogens is 1. The van der Waals surface area contributed by atoms with Crippen LogP contribution in [0.25, 0.3) is 0 Å². The number of amides is 1. The van der Waals surface area contributed by atoms with E-state index in [1.54, 1.807) is 0 Å². The fraction of sp³-hybridized carbons (Fsp3) is 0.667. The first-order chi connectivity index (χ1) is 21.8. The molecule has 4 N–H and O–H groups in total. The maximum atomic E-state index is 12.9. The van der Waals surface area contributed by atoms with Gasteiger partial charge < -0.3 is 44.0 Å². The molecule has 0 spiro atoms.